The standard InChI is InChI=1S/C32H30N4O3/c1-4-36(32(38)20-8-6-5-7-9-20)22-11-13-24-26(16-22)30-25-15-21(10-12-23(25)29(24)39-30)31(37)34-17-27-18(2)14-28(33)35-19(27)3/h5-16,29-30H,4,17H2,1-3H3,(H2,33,35)(H,34,37)/t29-,30+/m1/s1. The minimum atomic E-state index is -0.274. The summed E-state index contributed by atoms with van der Waals surface area (Å²) in [5.74, 6) is 0.280. The Kier molecular flexibility index (Phi) is 6.16. The average molecular weight is 519 g/mol. The molecule has 0 saturated carbocycles. The second-order valence-electron chi connectivity index (χ2n) is 10.1. The van der Waals surface area contributed by atoms with Gasteiger partial charge >= 0.3 is 0 Å². The number of aryl methyl sites for hydroxylation is 2. The molecule has 2 atom stereocenters. The fraction of sp³-hybridized carbons (Fsp3) is 0.219. The van der Waals surface area contributed by atoms with Crippen LogP contribution in [0.5, 0.6) is 0 Å². The Morgan fingerprint density at radius 3 is 2.31 bits per heavy atom. The third-order valence-electron chi connectivity index (χ3n) is 7.71. The Balaban J connectivity index is 1.24. The van der Waals surface area contributed by atoms with E-state index in [4.69, 9.17) is 10.5 Å². The number of fused-ring (bicyclic) bond motifs is 8. The molecule has 1 aromatic heterocycles. The molecule has 0 unspecified atom stereocenters. The number of nitrogens with one attached hydrogen (secondary N) is 1. The number of carbonyl (C=O) groups is 2. The predicted octanol–water partition coefficient (Wildman–Crippen LogP) is 5.40. The van der Waals surface area contributed by atoms with E-state index in [1.165, 1.54) is 0 Å². The first-order valence-electron chi connectivity index (χ1n) is 13.2. The summed E-state index contributed by atoms with van der Waals surface area (Å²) in [5, 5.41) is 3.03. The first kappa shape index (κ1) is 24.8. The van der Waals surface area contributed by atoms with Crippen molar-refractivity contribution < 1.29 is 14.3 Å². The van der Waals surface area contributed by atoms with Gasteiger partial charge in [0.15, 0.2) is 0 Å². The highest BCUT2D eigenvalue weighted by atomic mass is 16.5. The topological polar surface area (TPSA) is 97.5 Å². The highest BCUT2D eigenvalue weighted by Gasteiger charge is 2.43. The molecule has 4 aromatic rings. The molecule has 7 heteroatoms. The number of benzene rings is 3. The van der Waals surface area contributed by atoms with Crippen LogP contribution in [0.1, 0.15) is 78.9 Å². The Morgan fingerprint density at radius 1 is 0.897 bits per heavy atom. The molecule has 6 rings (SSSR count). The Labute approximate surface area is 227 Å². The van der Waals surface area contributed by atoms with E-state index in [0.29, 0.717) is 30.0 Å². The number of nitrogens with two attached hydrogens (primary N) is 1. The summed E-state index contributed by atoms with van der Waals surface area (Å²) in [6.45, 7) is 6.75. The van der Waals surface area contributed by atoms with E-state index in [-0.39, 0.29) is 24.0 Å². The summed E-state index contributed by atoms with van der Waals surface area (Å²) in [5.41, 5.74) is 14.9. The monoisotopic (exact) mass is 518 g/mol. The van der Waals surface area contributed by atoms with Gasteiger partial charge in [-0.2, -0.15) is 0 Å². The number of pyridine rings is 1. The molecule has 2 aliphatic rings. The number of carbonyl (C=O) groups excluding carboxylic acids is 2. The third kappa shape index (κ3) is 4.25. The molecule has 3 heterocycles. The molecule has 0 spiro atoms. The van der Waals surface area contributed by atoms with Crippen LogP contribution in [0.4, 0.5) is 11.5 Å². The van der Waals surface area contributed by atoms with Crippen LogP contribution in [0.2, 0.25) is 0 Å². The molecule has 0 saturated heterocycles. The van der Waals surface area contributed by atoms with Gasteiger partial charge in [0.05, 0.1) is 0 Å². The van der Waals surface area contributed by atoms with Crippen molar-refractivity contribution in [2.45, 2.75) is 39.5 Å². The molecule has 2 bridgehead atoms. The van der Waals surface area contributed by atoms with Crippen molar-refractivity contribution >= 4 is 23.3 Å². The number of rotatable bonds is 6. The number of amides is 2. The van der Waals surface area contributed by atoms with Gasteiger partial charge in [-0.05, 0) is 96.6 Å². The summed E-state index contributed by atoms with van der Waals surface area (Å²) < 4.78 is 6.38. The maximum Gasteiger partial charge on any atom is 0.258 e. The number of nitrogens with zero attached hydrogens (tertiary/aromatic N) is 2. The van der Waals surface area contributed by atoms with E-state index >= 15 is 0 Å². The van der Waals surface area contributed by atoms with Crippen LogP contribution in [0.25, 0.3) is 0 Å². The Morgan fingerprint density at radius 2 is 1.59 bits per heavy atom. The van der Waals surface area contributed by atoms with Gasteiger partial charge in [0.1, 0.15) is 18.0 Å². The van der Waals surface area contributed by atoms with Crippen LogP contribution in [0.3, 0.4) is 0 Å². The van der Waals surface area contributed by atoms with E-state index in [2.05, 4.69) is 22.4 Å². The van der Waals surface area contributed by atoms with Gasteiger partial charge in [-0.1, -0.05) is 30.3 Å². The van der Waals surface area contributed by atoms with Crippen LogP contribution in [-0.2, 0) is 11.3 Å². The van der Waals surface area contributed by atoms with Crippen molar-refractivity contribution in [3.8, 4) is 0 Å². The highest BCUT2D eigenvalue weighted by Crippen LogP contribution is 2.54. The lowest BCUT2D eigenvalue weighted by Gasteiger charge is -2.24. The molecule has 196 valence electrons. The molecule has 3 N–H and O–H groups in total. The van der Waals surface area contributed by atoms with Crippen molar-refractivity contribution in [3.63, 3.8) is 0 Å². The SMILES string of the molecule is CCN(C(=O)c1ccccc1)c1ccc2c(c1)[C@H]1O[C@@H]2c2ccc(C(=O)NCc3c(C)cc(N)nc3C)cc21. The van der Waals surface area contributed by atoms with E-state index in [9.17, 15) is 9.59 Å². The summed E-state index contributed by atoms with van der Waals surface area (Å²) in [6, 6.07) is 23.0. The minimum absolute atomic E-state index is 0.0386. The Hall–Kier alpha value is -4.49. The quantitative estimate of drug-likeness (QED) is 0.356. The highest BCUT2D eigenvalue weighted by molar-refractivity contribution is 6.06. The molecular formula is C32H30N4O3. The molecule has 2 aliphatic heterocycles. The zero-order chi connectivity index (χ0) is 27.3. The molecule has 0 aliphatic carbocycles. The van der Waals surface area contributed by atoms with Crippen molar-refractivity contribution in [1.29, 1.82) is 0 Å². The summed E-state index contributed by atoms with van der Waals surface area (Å²) in [6.07, 6.45) is -0.443. The molecule has 0 radical (unpaired) electrons. The fourth-order valence-corrected chi connectivity index (χ4v) is 5.75. The van der Waals surface area contributed by atoms with Crippen LogP contribution < -0.4 is 16.0 Å². The minimum Gasteiger partial charge on any atom is -0.384 e. The van der Waals surface area contributed by atoms with Gasteiger partial charge in [0.2, 0.25) is 0 Å². The predicted molar refractivity (Wildman–Crippen MR) is 151 cm³/mol. The van der Waals surface area contributed by atoms with Crippen LogP contribution in [0, 0.1) is 13.8 Å². The lowest BCUT2D eigenvalue weighted by atomic mass is 9.85. The fourth-order valence-electron chi connectivity index (χ4n) is 5.75. The van der Waals surface area contributed by atoms with Gasteiger partial charge in [-0.25, -0.2) is 4.98 Å². The number of hydrogen-bond acceptors (Lipinski definition) is 5. The van der Waals surface area contributed by atoms with Gasteiger partial charge in [-0.15, -0.1) is 0 Å². The molecule has 2 amide bonds. The molecule has 39 heavy (non-hydrogen) atoms. The number of anilines is 2. The normalized spacial score (nSPS) is 16.5. The average Bonchev–Trinajstić information content (AvgIpc) is 3.50. The third-order valence-corrected chi connectivity index (χ3v) is 7.71. The maximum atomic E-state index is 13.2. The number of aromatic nitrogens is 1. The van der Waals surface area contributed by atoms with Crippen LogP contribution in [-0.4, -0.2) is 23.3 Å². The number of nitrogen functional groups attached to an aromatic ring is 1. The van der Waals surface area contributed by atoms with Crippen molar-refractivity contribution in [2.75, 3.05) is 17.2 Å². The zero-order valence-electron chi connectivity index (χ0n) is 22.2. The molecular weight excluding hydrogens is 488 g/mol. The lowest BCUT2D eigenvalue weighted by molar-refractivity contribution is 0.0857. The summed E-state index contributed by atoms with van der Waals surface area (Å²) in [4.78, 5) is 32.4. The van der Waals surface area contributed by atoms with Gasteiger partial charge in [0, 0.05) is 35.6 Å². The van der Waals surface area contributed by atoms with Gasteiger partial charge < -0.3 is 20.7 Å². The maximum absolute atomic E-state index is 13.2. The van der Waals surface area contributed by atoms with Crippen LogP contribution in [0.15, 0.2) is 72.8 Å². The van der Waals surface area contributed by atoms with E-state index in [1.807, 2.05) is 81.4 Å². The first-order valence-corrected chi connectivity index (χ1v) is 13.2. The van der Waals surface area contributed by atoms with E-state index < -0.39 is 0 Å². The number of hydrogen-bond donors (Lipinski definition) is 2. The van der Waals surface area contributed by atoms with E-state index in [1.54, 1.807) is 4.90 Å². The van der Waals surface area contributed by atoms with Crippen molar-refractivity contribution in [2.24, 2.45) is 0 Å². The van der Waals surface area contributed by atoms with Crippen molar-refractivity contribution in [1.82, 2.24) is 10.3 Å². The number of ether oxygens (including phenoxy) is 1. The summed E-state index contributed by atoms with van der Waals surface area (Å²) >= 11 is 0. The largest absolute Gasteiger partial charge is 0.384 e. The van der Waals surface area contributed by atoms with E-state index in [0.717, 1.165) is 44.8 Å². The smallest absolute Gasteiger partial charge is 0.258 e. The van der Waals surface area contributed by atoms with Crippen molar-refractivity contribution in [3.05, 3.63) is 123 Å². The Bertz CT molecular complexity index is 1590. The molecule has 3 aromatic carbocycles. The summed E-state index contributed by atoms with van der Waals surface area (Å²) in [7, 11) is 0. The first-order chi connectivity index (χ1) is 18.9. The second-order valence-corrected chi connectivity index (χ2v) is 10.1. The zero-order valence-corrected chi connectivity index (χ0v) is 22.2. The molecule has 7 nitrogen and oxygen atoms in total. The lowest BCUT2D eigenvalue weighted by Crippen LogP contribution is -2.30. The molecule has 0 fully saturated rings. The van der Waals surface area contributed by atoms with Crippen LogP contribution >= 0.6 is 0 Å². The second kappa shape index (κ2) is 9.67. The van der Waals surface area contributed by atoms with Gasteiger partial charge in [0.25, 0.3) is 11.8 Å². The van der Waals surface area contributed by atoms with Gasteiger partial charge in [-0.3, -0.25) is 9.59 Å².